The van der Waals surface area contributed by atoms with E-state index >= 15 is 0 Å². The van der Waals surface area contributed by atoms with Crippen LogP contribution < -0.4 is 10.5 Å². The van der Waals surface area contributed by atoms with Crippen LogP contribution in [-0.4, -0.2) is 28.5 Å². The zero-order valence-electron chi connectivity index (χ0n) is 17.2. The summed E-state index contributed by atoms with van der Waals surface area (Å²) in [5.41, 5.74) is 10.7. The Hall–Kier alpha value is -3.42. The van der Waals surface area contributed by atoms with Gasteiger partial charge in [0, 0.05) is 28.2 Å². The number of carbonyl (C=O) groups excluding carboxylic acids is 1. The number of aromatic nitrogens is 2. The molecule has 0 saturated carbocycles. The fraction of sp³-hybridized carbons (Fsp3) is 0.167. The minimum atomic E-state index is -0.611. The van der Waals surface area contributed by atoms with Crippen LogP contribution in [0.4, 0.5) is 10.1 Å². The third-order valence-electron chi connectivity index (χ3n) is 6.02. The maximum atomic E-state index is 14.3. The van der Waals surface area contributed by atoms with Crippen molar-refractivity contribution < 1.29 is 13.9 Å². The van der Waals surface area contributed by atoms with Gasteiger partial charge in [-0.05, 0) is 53.1 Å². The Bertz CT molecular complexity index is 1320. The van der Waals surface area contributed by atoms with Crippen LogP contribution in [0.1, 0.15) is 34.3 Å². The number of nitrogen functional groups attached to an aromatic ring is 1. The summed E-state index contributed by atoms with van der Waals surface area (Å²) in [5.74, 6) is 0.326. The van der Waals surface area contributed by atoms with E-state index in [1.807, 2.05) is 29.2 Å². The van der Waals surface area contributed by atoms with E-state index in [1.54, 1.807) is 19.4 Å². The standard InChI is InChI=1S/C24H20ClFN4O2/c1-32-15-5-2-13(3-6-15)11-30-21(12-31)22-17-10-28-29-20(17)9-19(27)23(22)24(30)16-8-14(26)4-7-18(16)25/h2-10,12,21,24H,11,27H2,1H3,(H,28,29). The topological polar surface area (TPSA) is 84.2 Å². The van der Waals surface area contributed by atoms with Crippen LogP contribution in [0.25, 0.3) is 10.9 Å². The van der Waals surface area contributed by atoms with Crippen LogP contribution in [-0.2, 0) is 11.3 Å². The Kier molecular flexibility index (Phi) is 5.07. The predicted octanol–water partition coefficient (Wildman–Crippen LogP) is 4.79. The van der Waals surface area contributed by atoms with Gasteiger partial charge in [-0.2, -0.15) is 5.10 Å². The molecule has 3 aromatic carbocycles. The predicted molar refractivity (Wildman–Crippen MR) is 121 cm³/mol. The molecule has 2 unspecified atom stereocenters. The van der Waals surface area contributed by atoms with Crippen LogP contribution in [0, 0.1) is 5.82 Å². The number of hydrogen-bond donors (Lipinski definition) is 2. The number of anilines is 1. The first kappa shape index (κ1) is 20.5. The monoisotopic (exact) mass is 450 g/mol. The second-order valence-electron chi connectivity index (χ2n) is 7.79. The van der Waals surface area contributed by atoms with Crippen molar-refractivity contribution in [1.82, 2.24) is 15.1 Å². The highest BCUT2D eigenvalue weighted by Crippen LogP contribution is 2.51. The van der Waals surface area contributed by atoms with Crippen molar-refractivity contribution in [3.8, 4) is 5.75 Å². The van der Waals surface area contributed by atoms with Crippen molar-refractivity contribution >= 4 is 34.5 Å². The first-order chi connectivity index (χ1) is 15.5. The molecule has 6 nitrogen and oxygen atoms in total. The molecule has 162 valence electrons. The molecule has 5 rings (SSSR count). The van der Waals surface area contributed by atoms with E-state index < -0.39 is 17.9 Å². The van der Waals surface area contributed by atoms with E-state index in [0.29, 0.717) is 22.8 Å². The molecular weight excluding hydrogens is 431 g/mol. The highest BCUT2D eigenvalue weighted by Gasteiger charge is 2.43. The summed E-state index contributed by atoms with van der Waals surface area (Å²) < 4.78 is 19.5. The Balaban J connectivity index is 1.73. The third kappa shape index (κ3) is 3.21. The summed E-state index contributed by atoms with van der Waals surface area (Å²) in [4.78, 5) is 14.4. The van der Waals surface area contributed by atoms with Crippen LogP contribution >= 0.6 is 11.6 Å². The van der Waals surface area contributed by atoms with Gasteiger partial charge in [-0.15, -0.1) is 0 Å². The minimum absolute atomic E-state index is 0.403. The van der Waals surface area contributed by atoms with Crippen LogP contribution in [0.15, 0.2) is 54.7 Å². The summed E-state index contributed by atoms with van der Waals surface area (Å²) in [6.45, 7) is 0.415. The summed E-state index contributed by atoms with van der Waals surface area (Å²) in [6.07, 6.45) is 2.58. The van der Waals surface area contributed by atoms with Gasteiger partial charge in [-0.1, -0.05) is 23.7 Å². The number of nitrogens with zero attached hydrogens (tertiary/aromatic N) is 2. The second-order valence-corrected chi connectivity index (χ2v) is 8.20. The van der Waals surface area contributed by atoms with Crippen molar-refractivity contribution in [3.63, 3.8) is 0 Å². The van der Waals surface area contributed by atoms with Gasteiger partial charge in [0.05, 0.1) is 30.9 Å². The fourth-order valence-corrected chi connectivity index (χ4v) is 4.83. The molecule has 4 aromatic rings. The summed E-state index contributed by atoms with van der Waals surface area (Å²) in [6, 6.07) is 12.5. The first-order valence-corrected chi connectivity index (χ1v) is 10.4. The summed E-state index contributed by atoms with van der Waals surface area (Å²) in [5, 5.41) is 8.26. The number of nitrogens with one attached hydrogen (secondary N) is 1. The van der Waals surface area contributed by atoms with Gasteiger partial charge in [0.2, 0.25) is 0 Å². The molecule has 0 bridgehead atoms. The SMILES string of the molecule is COc1ccc(CN2C(C=O)c3c(c(N)cc4[nH]ncc34)C2c2cc(F)ccc2Cl)cc1. The number of H-pyrrole nitrogens is 1. The molecule has 0 fully saturated rings. The van der Waals surface area contributed by atoms with E-state index in [1.165, 1.54) is 18.2 Å². The first-order valence-electron chi connectivity index (χ1n) is 10.1. The van der Waals surface area contributed by atoms with Crippen molar-refractivity contribution in [2.45, 2.75) is 18.6 Å². The number of methoxy groups -OCH3 is 1. The molecule has 2 heterocycles. The highest BCUT2D eigenvalue weighted by atomic mass is 35.5. The molecule has 8 heteroatoms. The summed E-state index contributed by atoms with van der Waals surface area (Å²) >= 11 is 6.53. The number of nitrogens with two attached hydrogens (primary N) is 1. The molecule has 0 radical (unpaired) electrons. The third-order valence-corrected chi connectivity index (χ3v) is 6.37. The van der Waals surface area contributed by atoms with E-state index in [0.717, 1.165) is 39.6 Å². The van der Waals surface area contributed by atoms with E-state index in [4.69, 9.17) is 22.1 Å². The molecular formula is C24H20ClFN4O2. The zero-order chi connectivity index (χ0) is 22.4. The number of carbonyl (C=O) groups is 1. The Morgan fingerprint density at radius 3 is 2.72 bits per heavy atom. The number of aromatic amines is 1. The van der Waals surface area contributed by atoms with E-state index in [-0.39, 0.29) is 0 Å². The number of halogens is 2. The number of hydrogen-bond acceptors (Lipinski definition) is 5. The largest absolute Gasteiger partial charge is 0.497 e. The maximum Gasteiger partial charge on any atom is 0.141 e. The van der Waals surface area contributed by atoms with Crippen LogP contribution in [0.3, 0.4) is 0 Å². The normalized spacial score (nSPS) is 18.1. The lowest BCUT2D eigenvalue weighted by atomic mass is 9.93. The number of aldehydes is 1. The Morgan fingerprint density at radius 2 is 2.00 bits per heavy atom. The molecule has 0 spiro atoms. The molecule has 0 aliphatic carbocycles. The number of fused-ring (bicyclic) bond motifs is 3. The van der Waals surface area contributed by atoms with Crippen molar-refractivity contribution in [2.24, 2.45) is 0 Å². The van der Waals surface area contributed by atoms with E-state index in [2.05, 4.69) is 10.2 Å². The number of benzene rings is 3. The lowest BCUT2D eigenvalue weighted by Crippen LogP contribution is -2.28. The molecule has 3 N–H and O–H groups in total. The number of rotatable bonds is 5. The lowest BCUT2D eigenvalue weighted by Gasteiger charge is -2.29. The zero-order valence-corrected chi connectivity index (χ0v) is 17.9. The highest BCUT2D eigenvalue weighted by molar-refractivity contribution is 6.31. The smallest absolute Gasteiger partial charge is 0.141 e. The molecule has 2 atom stereocenters. The summed E-state index contributed by atoms with van der Waals surface area (Å²) in [7, 11) is 1.61. The molecule has 1 aliphatic rings. The molecule has 32 heavy (non-hydrogen) atoms. The molecule has 0 saturated heterocycles. The minimum Gasteiger partial charge on any atom is -0.497 e. The van der Waals surface area contributed by atoms with Gasteiger partial charge in [-0.25, -0.2) is 4.39 Å². The Morgan fingerprint density at radius 1 is 1.22 bits per heavy atom. The van der Waals surface area contributed by atoms with Crippen molar-refractivity contribution in [1.29, 1.82) is 0 Å². The molecule has 1 aliphatic heterocycles. The van der Waals surface area contributed by atoms with Gasteiger partial charge in [0.15, 0.2) is 0 Å². The van der Waals surface area contributed by atoms with E-state index in [9.17, 15) is 9.18 Å². The lowest BCUT2D eigenvalue weighted by molar-refractivity contribution is -0.112. The van der Waals surface area contributed by atoms with Crippen LogP contribution in [0.2, 0.25) is 5.02 Å². The van der Waals surface area contributed by atoms with Gasteiger partial charge < -0.3 is 15.3 Å². The average Bonchev–Trinajstić information content (AvgIpc) is 3.38. The second kappa shape index (κ2) is 7.93. The van der Waals surface area contributed by atoms with Crippen LogP contribution in [0.5, 0.6) is 5.75 Å². The van der Waals surface area contributed by atoms with Crippen molar-refractivity contribution in [2.75, 3.05) is 12.8 Å². The molecule has 0 amide bonds. The fourth-order valence-electron chi connectivity index (χ4n) is 4.61. The molecule has 1 aromatic heterocycles. The maximum absolute atomic E-state index is 14.3. The van der Waals surface area contributed by atoms with Gasteiger partial charge in [0.1, 0.15) is 17.9 Å². The Labute approximate surface area is 188 Å². The van der Waals surface area contributed by atoms with Gasteiger partial charge in [-0.3, -0.25) is 10.00 Å². The van der Waals surface area contributed by atoms with Gasteiger partial charge in [0.25, 0.3) is 0 Å². The quantitative estimate of drug-likeness (QED) is 0.337. The van der Waals surface area contributed by atoms with Gasteiger partial charge >= 0.3 is 0 Å². The average molecular weight is 451 g/mol. The number of ether oxygens (including phenoxy) is 1. The van der Waals surface area contributed by atoms with Crippen molar-refractivity contribution in [3.05, 3.63) is 87.8 Å².